The number of carbonyl (C=O) groups excluding carboxylic acids is 1. The van der Waals surface area contributed by atoms with Crippen molar-refractivity contribution in [3.63, 3.8) is 0 Å². The van der Waals surface area contributed by atoms with Gasteiger partial charge in [0.1, 0.15) is 0 Å². The fourth-order valence-electron chi connectivity index (χ4n) is 2.91. The molecule has 120 valence electrons. The summed E-state index contributed by atoms with van der Waals surface area (Å²) in [6.07, 6.45) is 7.47. The topological polar surface area (TPSA) is 61.2 Å². The molecule has 5 heteroatoms. The van der Waals surface area contributed by atoms with Crippen LogP contribution in [0.15, 0.2) is 41.2 Å². The van der Waals surface area contributed by atoms with Crippen LogP contribution in [0, 0.1) is 5.92 Å². The lowest BCUT2D eigenvalue weighted by Crippen LogP contribution is -2.23. The number of allylic oxidation sites excluding steroid dienone is 2. The first kappa shape index (κ1) is 15.5. The van der Waals surface area contributed by atoms with Crippen LogP contribution < -0.4 is 5.56 Å². The second-order valence-corrected chi connectivity index (χ2v) is 5.93. The minimum Gasteiger partial charge on any atom is -0.465 e. The standard InChI is InChI=1S/C18H20N2O3/c1-20-18(22)15-10-6-5-9-14(15)16(19-20)11-17(21)23-12-13-7-3-2-4-8-13/h2-3,5-6,9-10,13H,4,7-8,11-12H2,1H3/t13-/m0/s1. The van der Waals surface area contributed by atoms with Crippen molar-refractivity contribution >= 4 is 16.7 Å². The molecule has 5 nitrogen and oxygen atoms in total. The number of esters is 1. The lowest BCUT2D eigenvalue weighted by atomic mass is 9.95. The van der Waals surface area contributed by atoms with Crippen molar-refractivity contribution < 1.29 is 9.53 Å². The Morgan fingerprint density at radius 1 is 1.30 bits per heavy atom. The minimum atomic E-state index is -0.296. The maximum atomic E-state index is 12.1. The average Bonchev–Trinajstić information content (AvgIpc) is 2.58. The van der Waals surface area contributed by atoms with Gasteiger partial charge in [-0.2, -0.15) is 5.10 Å². The van der Waals surface area contributed by atoms with Crippen LogP contribution >= 0.6 is 0 Å². The lowest BCUT2D eigenvalue weighted by molar-refractivity contribution is -0.144. The summed E-state index contributed by atoms with van der Waals surface area (Å²) in [5.41, 5.74) is 0.419. The van der Waals surface area contributed by atoms with Gasteiger partial charge in [0.25, 0.3) is 5.56 Å². The lowest BCUT2D eigenvalue weighted by Gasteiger charge is -2.17. The Kier molecular flexibility index (Phi) is 4.55. The maximum absolute atomic E-state index is 12.1. The van der Waals surface area contributed by atoms with E-state index in [1.54, 1.807) is 13.1 Å². The Bertz CT molecular complexity index is 808. The molecule has 1 aliphatic rings. The summed E-state index contributed by atoms with van der Waals surface area (Å²) in [6.45, 7) is 0.451. The van der Waals surface area contributed by atoms with E-state index in [0.717, 1.165) is 19.3 Å². The van der Waals surface area contributed by atoms with Crippen molar-refractivity contribution in [1.29, 1.82) is 0 Å². The van der Waals surface area contributed by atoms with Crippen LogP contribution in [-0.2, 0) is 23.0 Å². The van der Waals surface area contributed by atoms with Gasteiger partial charge in [0.15, 0.2) is 0 Å². The minimum absolute atomic E-state index is 0.0805. The van der Waals surface area contributed by atoms with E-state index in [1.165, 1.54) is 4.68 Å². The van der Waals surface area contributed by atoms with Gasteiger partial charge in [0.2, 0.25) is 0 Å². The molecule has 0 aliphatic heterocycles. The maximum Gasteiger partial charge on any atom is 0.311 e. The number of aromatic nitrogens is 2. The molecule has 1 aliphatic carbocycles. The Balaban J connectivity index is 1.73. The van der Waals surface area contributed by atoms with Crippen molar-refractivity contribution in [2.75, 3.05) is 6.61 Å². The van der Waals surface area contributed by atoms with Gasteiger partial charge < -0.3 is 4.74 Å². The molecule has 1 aromatic carbocycles. The van der Waals surface area contributed by atoms with Crippen molar-refractivity contribution in [2.45, 2.75) is 25.7 Å². The molecule has 3 rings (SSSR count). The van der Waals surface area contributed by atoms with E-state index in [9.17, 15) is 9.59 Å². The number of carbonyl (C=O) groups is 1. The number of hydrogen-bond acceptors (Lipinski definition) is 4. The molecule has 0 amide bonds. The number of rotatable bonds is 4. The number of benzene rings is 1. The molecule has 1 atom stereocenters. The molecule has 0 unspecified atom stereocenters. The summed E-state index contributed by atoms with van der Waals surface area (Å²) in [7, 11) is 1.60. The van der Waals surface area contributed by atoms with Crippen LogP contribution in [0.25, 0.3) is 10.8 Å². The van der Waals surface area contributed by atoms with E-state index in [2.05, 4.69) is 17.3 Å². The Labute approximate surface area is 134 Å². The zero-order chi connectivity index (χ0) is 16.2. The summed E-state index contributed by atoms with van der Waals surface area (Å²) >= 11 is 0. The van der Waals surface area contributed by atoms with Crippen LogP contribution in [-0.4, -0.2) is 22.4 Å². The zero-order valence-electron chi connectivity index (χ0n) is 13.2. The highest BCUT2D eigenvalue weighted by atomic mass is 16.5. The van der Waals surface area contributed by atoms with Crippen molar-refractivity contribution in [3.8, 4) is 0 Å². The summed E-state index contributed by atoms with van der Waals surface area (Å²) in [4.78, 5) is 24.2. The highest BCUT2D eigenvalue weighted by Gasteiger charge is 2.16. The molecule has 1 heterocycles. The van der Waals surface area contributed by atoms with E-state index in [-0.39, 0.29) is 17.9 Å². The molecule has 0 saturated heterocycles. The van der Waals surface area contributed by atoms with Gasteiger partial charge in [0.05, 0.1) is 24.1 Å². The Hall–Kier alpha value is -2.43. The van der Waals surface area contributed by atoms with Gasteiger partial charge in [0, 0.05) is 12.4 Å². The van der Waals surface area contributed by atoms with Crippen molar-refractivity contribution in [1.82, 2.24) is 9.78 Å². The largest absolute Gasteiger partial charge is 0.465 e. The summed E-state index contributed by atoms with van der Waals surface area (Å²) < 4.78 is 6.68. The van der Waals surface area contributed by atoms with Gasteiger partial charge in [-0.15, -0.1) is 0 Å². The molecule has 0 radical (unpaired) electrons. The third kappa shape index (κ3) is 3.50. The highest BCUT2D eigenvalue weighted by Crippen LogP contribution is 2.19. The van der Waals surface area contributed by atoms with Crippen LogP contribution in [0.3, 0.4) is 0 Å². The predicted octanol–water partition coefficient (Wildman–Crippen LogP) is 2.38. The molecular formula is C18H20N2O3. The average molecular weight is 312 g/mol. The predicted molar refractivity (Wildman–Crippen MR) is 88.1 cm³/mol. The first-order valence-electron chi connectivity index (χ1n) is 7.90. The van der Waals surface area contributed by atoms with Crippen LogP contribution in [0.2, 0.25) is 0 Å². The summed E-state index contributed by atoms with van der Waals surface area (Å²) in [5.74, 6) is 0.115. The molecule has 1 aromatic heterocycles. The SMILES string of the molecule is Cn1nc(CC(=O)OC[C@H]2CC=CCC2)c2ccccc2c1=O. The Morgan fingerprint density at radius 3 is 2.83 bits per heavy atom. The second kappa shape index (κ2) is 6.77. The normalized spacial score (nSPS) is 17.3. The number of aryl methyl sites for hydroxylation is 1. The first-order valence-corrected chi connectivity index (χ1v) is 7.90. The molecule has 23 heavy (non-hydrogen) atoms. The van der Waals surface area contributed by atoms with E-state index >= 15 is 0 Å². The number of hydrogen-bond donors (Lipinski definition) is 0. The van der Waals surface area contributed by atoms with Gasteiger partial charge >= 0.3 is 5.97 Å². The van der Waals surface area contributed by atoms with Crippen molar-refractivity contribution in [2.24, 2.45) is 13.0 Å². The zero-order valence-corrected chi connectivity index (χ0v) is 13.2. The number of nitrogens with zero attached hydrogens (tertiary/aromatic N) is 2. The fourth-order valence-corrected chi connectivity index (χ4v) is 2.91. The number of fused-ring (bicyclic) bond motifs is 1. The van der Waals surface area contributed by atoms with Gasteiger partial charge in [-0.3, -0.25) is 9.59 Å². The molecule has 0 saturated carbocycles. The van der Waals surface area contributed by atoms with Crippen LogP contribution in [0.1, 0.15) is 25.0 Å². The van der Waals surface area contributed by atoms with Gasteiger partial charge in [-0.05, 0) is 31.2 Å². The summed E-state index contributed by atoms with van der Waals surface area (Å²) in [5, 5.41) is 5.52. The quantitative estimate of drug-likeness (QED) is 0.642. The Morgan fingerprint density at radius 2 is 2.09 bits per heavy atom. The molecule has 0 fully saturated rings. The van der Waals surface area contributed by atoms with E-state index in [0.29, 0.717) is 29.0 Å². The molecule has 0 spiro atoms. The second-order valence-electron chi connectivity index (χ2n) is 5.93. The van der Waals surface area contributed by atoms with Gasteiger partial charge in [-0.25, -0.2) is 4.68 Å². The highest BCUT2D eigenvalue weighted by molar-refractivity contribution is 5.86. The van der Waals surface area contributed by atoms with Crippen LogP contribution in [0.4, 0.5) is 0 Å². The summed E-state index contributed by atoms with van der Waals surface area (Å²) in [6, 6.07) is 7.22. The monoisotopic (exact) mass is 312 g/mol. The van der Waals surface area contributed by atoms with E-state index in [1.807, 2.05) is 18.2 Å². The number of ether oxygens (including phenoxy) is 1. The third-order valence-electron chi connectivity index (χ3n) is 4.20. The third-order valence-corrected chi connectivity index (χ3v) is 4.20. The molecule has 0 N–H and O–H groups in total. The molecule has 0 bridgehead atoms. The smallest absolute Gasteiger partial charge is 0.311 e. The van der Waals surface area contributed by atoms with Gasteiger partial charge in [-0.1, -0.05) is 30.4 Å². The van der Waals surface area contributed by atoms with Crippen molar-refractivity contribution in [3.05, 3.63) is 52.5 Å². The first-order chi connectivity index (χ1) is 11.1. The molecule has 2 aromatic rings. The van der Waals surface area contributed by atoms with Crippen LogP contribution in [0.5, 0.6) is 0 Å². The fraction of sp³-hybridized carbons (Fsp3) is 0.389. The van der Waals surface area contributed by atoms with E-state index < -0.39 is 0 Å². The van der Waals surface area contributed by atoms with E-state index in [4.69, 9.17) is 4.74 Å². The molecular weight excluding hydrogens is 292 g/mol.